The van der Waals surface area contributed by atoms with Crippen molar-refractivity contribution in [1.82, 2.24) is 4.90 Å². The molecule has 16 heavy (non-hydrogen) atoms. The Morgan fingerprint density at radius 3 is 2.62 bits per heavy atom. The van der Waals surface area contributed by atoms with Gasteiger partial charge in [0.1, 0.15) is 5.75 Å². The first kappa shape index (κ1) is 12.7. The van der Waals surface area contributed by atoms with E-state index in [0.29, 0.717) is 5.75 Å². The van der Waals surface area contributed by atoms with Crippen molar-refractivity contribution >= 4 is 34.7 Å². The van der Waals surface area contributed by atoms with Crippen LogP contribution in [0.25, 0.3) is 0 Å². The molecule has 0 amide bonds. The van der Waals surface area contributed by atoms with Gasteiger partial charge in [0.2, 0.25) is 0 Å². The number of hydrogen-bond acceptors (Lipinski definition) is 4. The molecule has 5 nitrogen and oxygen atoms in total. The second-order valence-corrected chi connectivity index (χ2v) is 3.89. The van der Waals surface area contributed by atoms with Crippen molar-refractivity contribution in [3.8, 4) is 5.75 Å². The first-order valence-corrected chi connectivity index (χ1v) is 5.03. The number of halogens is 1. The Morgan fingerprint density at radius 2 is 2.19 bits per heavy atom. The van der Waals surface area contributed by atoms with E-state index in [9.17, 15) is 10.1 Å². The Balaban J connectivity index is 2.91. The van der Waals surface area contributed by atoms with Gasteiger partial charge in [-0.2, -0.15) is 0 Å². The van der Waals surface area contributed by atoms with Crippen LogP contribution in [0.4, 0.5) is 5.69 Å². The number of ether oxygens (including phenoxy) is 1. The van der Waals surface area contributed by atoms with Gasteiger partial charge in [-0.25, -0.2) is 0 Å². The van der Waals surface area contributed by atoms with E-state index in [1.807, 2.05) is 0 Å². The molecule has 1 rings (SSSR count). The van der Waals surface area contributed by atoms with Gasteiger partial charge in [-0.05, 0) is 18.3 Å². The Bertz CT molecular complexity index is 437. The Hall–Kier alpha value is -1.40. The van der Waals surface area contributed by atoms with E-state index in [-0.39, 0.29) is 15.9 Å². The van der Waals surface area contributed by atoms with Gasteiger partial charge in [0.25, 0.3) is 10.9 Å². The lowest BCUT2D eigenvalue weighted by Gasteiger charge is -2.14. The predicted octanol–water partition coefficient (Wildman–Crippen LogP) is 2.47. The SMILES string of the molecule is CN(C)C(=S)Oc1ccc([N+](=O)[O-])cc1Cl. The highest BCUT2D eigenvalue weighted by Crippen LogP contribution is 2.28. The van der Waals surface area contributed by atoms with E-state index < -0.39 is 4.92 Å². The molecule has 86 valence electrons. The highest BCUT2D eigenvalue weighted by molar-refractivity contribution is 7.80. The quantitative estimate of drug-likeness (QED) is 0.464. The van der Waals surface area contributed by atoms with E-state index >= 15 is 0 Å². The fraction of sp³-hybridized carbons (Fsp3) is 0.222. The van der Waals surface area contributed by atoms with Crippen molar-refractivity contribution in [1.29, 1.82) is 0 Å². The first-order valence-electron chi connectivity index (χ1n) is 4.25. The monoisotopic (exact) mass is 260 g/mol. The molecule has 0 bridgehead atoms. The minimum absolute atomic E-state index is 0.0897. The summed E-state index contributed by atoms with van der Waals surface area (Å²) in [6.45, 7) is 0. The van der Waals surface area contributed by atoms with Gasteiger partial charge < -0.3 is 9.64 Å². The van der Waals surface area contributed by atoms with Gasteiger partial charge in [0.15, 0.2) is 0 Å². The third kappa shape index (κ3) is 3.04. The minimum Gasteiger partial charge on any atom is -0.430 e. The molecule has 0 aliphatic rings. The molecule has 0 spiro atoms. The van der Waals surface area contributed by atoms with E-state index in [1.165, 1.54) is 18.2 Å². The molecule has 0 saturated heterocycles. The van der Waals surface area contributed by atoms with E-state index in [1.54, 1.807) is 19.0 Å². The molecule has 0 saturated carbocycles. The highest BCUT2D eigenvalue weighted by Gasteiger charge is 2.12. The molecule has 0 atom stereocenters. The fourth-order valence-corrected chi connectivity index (χ4v) is 1.17. The molecule has 0 radical (unpaired) electrons. The van der Waals surface area contributed by atoms with E-state index in [4.69, 9.17) is 28.6 Å². The highest BCUT2D eigenvalue weighted by atomic mass is 35.5. The standard InChI is InChI=1S/C9H9ClN2O3S/c1-11(2)9(16)15-8-4-3-6(12(13)14)5-7(8)10/h3-5H,1-2H3. The van der Waals surface area contributed by atoms with Crippen LogP contribution in [0, 0.1) is 10.1 Å². The summed E-state index contributed by atoms with van der Waals surface area (Å²) in [6, 6.07) is 3.94. The number of benzene rings is 1. The van der Waals surface area contributed by atoms with E-state index in [0.717, 1.165) is 0 Å². The average Bonchev–Trinajstić information content (AvgIpc) is 2.20. The smallest absolute Gasteiger partial charge is 0.271 e. The molecule has 1 aromatic carbocycles. The molecule has 0 unspecified atom stereocenters. The van der Waals surface area contributed by atoms with Crippen molar-refractivity contribution in [3.63, 3.8) is 0 Å². The lowest BCUT2D eigenvalue weighted by atomic mass is 10.3. The van der Waals surface area contributed by atoms with Crippen molar-refractivity contribution in [2.45, 2.75) is 0 Å². The topological polar surface area (TPSA) is 55.6 Å². The number of nitrogens with zero attached hydrogens (tertiary/aromatic N) is 2. The number of nitro groups is 1. The van der Waals surface area contributed by atoms with Gasteiger partial charge in [0, 0.05) is 26.2 Å². The number of hydrogen-bond donors (Lipinski definition) is 0. The zero-order chi connectivity index (χ0) is 12.3. The molecule has 0 aliphatic carbocycles. The maximum Gasteiger partial charge on any atom is 0.271 e. The molecule has 0 N–H and O–H groups in total. The number of non-ortho nitro benzene ring substituents is 1. The summed E-state index contributed by atoms with van der Waals surface area (Å²) in [5.41, 5.74) is -0.0897. The van der Waals surface area contributed by atoms with Gasteiger partial charge in [-0.1, -0.05) is 11.6 Å². The number of rotatable bonds is 2. The molecular weight excluding hydrogens is 252 g/mol. The summed E-state index contributed by atoms with van der Waals surface area (Å²) in [5.74, 6) is 0.297. The molecular formula is C9H9ClN2O3S. The van der Waals surface area contributed by atoms with Crippen molar-refractivity contribution < 1.29 is 9.66 Å². The van der Waals surface area contributed by atoms with Crippen LogP contribution in [0.2, 0.25) is 5.02 Å². The number of nitro benzene ring substituents is 1. The van der Waals surface area contributed by atoms with Crippen molar-refractivity contribution in [2.24, 2.45) is 0 Å². The summed E-state index contributed by atoms with van der Waals surface area (Å²) >= 11 is 10.7. The first-order chi connectivity index (χ1) is 7.41. The summed E-state index contributed by atoms with van der Waals surface area (Å²) in [4.78, 5) is 11.5. The van der Waals surface area contributed by atoms with Gasteiger partial charge in [0.05, 0.1) is 9.95 Å². The molecule has 0 fully saturated rings. The normalized spacial score (nSPS) is 9.69. The van der Waals surface area contributed by atoms with Crippen LogP contribution in [-0.4, -0.2) is 29.1 Å². The summed E-state index contributed by atoms with van der Waals surface area (Å²) < 4.78 is 5.24. The summed E-state index contributed by atoms with van der Waals surface area (Å²) in [7, 11) is 3.45. The van der Waals surface area contributed by atoms with Gasteiger partial charge in [-0.3, -0.25) is 10.1 Å². The largest absolute Gasteiger partial charge is 0.430 e. The average molecular weight is 261 g/mol. The zero-order valence-electron chi connectivity index (χ0n) is 8.64. The van der Waals surface area contributed by atoms with Crippen LogP contribution in [0.15, 0.2) is 18.2 Å². The summed E-state index contributed by atoms with van der Waals surface area (Å²) in [6.07, 6.45) is 0. The Labute approximate surface area is 103 Å². The second kappa shape index (κ2) is 5.09. The van der Waals surface area contributed by atoms with Crippen molar-refractivity contribution in [2.75, 3.05) is 14.1 Å². The number of thiocarbonyl (C=S) groups is 1. The predicted molar refractivity (Wildman–Crippen MR) is 65.0 cm³/mol. The minimum atomic E-state index is -0.528. The molecule has 0 aliphatic heterocycles. The third-order valence-electron chi connectivity index (χ3n) is 1.69. The fourth-order valence-electron chi connectivity index (χ4n) is 0.871. The van der Waals surface area contributed by atoms with Gasteiger partial charge in [-0.15, -0.1) is 0 Å². The van der Waals surface area contributed by atoms with Crippen LogP contribution < -0.4 is 4.74 Å². The summed E-state index contributed by atoms with van der Waals surface area (Å²) in [5, 5.41) is 10.9. The Morgan fingerprint density at radius 1 is 1.56 bits per heavy atom. The van der Waals surface area contributed by atoms with Crippen LogP contribution >= 0.6 is 23.8 Å². The van der Waals surface area contributed by atoms with Crippen LogP contribution in [0.1, 0.15) is 0 Å². The van der Waals surface area contributed by atoms with Crippen LogP contribution in [0.3, 0.4) is 0 Å². The zero-order valence-corrected chi connectivity index (χ0v) is 10.2. The van der Waals surface area contributed by atoms with Crippen LogP contribution in [0.5, 0.6) is 5.75 Å². The lowest BCUT2D eigenvalue weighted by molar-refractivity contribution is -0.384. The molecule has 0 aromatic heterocycles. The van der Waals surface area contributed by atoms with E-state index in [2.05, 4.69) is 0 Å². The second-order valence-electron chi connectivity index (χ2n) is 3.13. The molecule has 7 heteroatoms. The maximum atomic E-state index is 10.5. The van der Waals surface area contributed by atoms with Gasteiger partial charge >= 0.3 is 0 Å². The van der Waals surface area contributed by atoms with Crippen LogP contribution in [-0.2, 0) is 0 Å². The third-order valence-corrected chi connectivity index (χ3v) is 2.43. The Kier molecular flexibility index (Phi) is 4.03. The van der Waals surface area contributed by atoms with Crippen molar-refractivity contribution in [3.05, 3.63) is 33.3 Å². The maximum absolute atomic E-state index is 10.5. The molecule has 1 aromatic rings. The molecule has 0 heterocycles. The lowest BCUT2D eigenvalue weighted by Crippen LogP contribution is -2.25.